The SMILES string of the molecule is COc1cc(/C=C2\C(=O)NC(=S)N(c3cccc(Cl)c3Cl)C2=O)cc(Cl)c1OCc1ccc([N+](=O)[O-])cc1. The molecule has 0 aliphatic carbocycles. The molecular formula is C25H16Cl3N3O6S. The quantitative estimate of drug-likeness (QED) is 0.118. The average molecular weight is 593 g/mol. The number of hydrogen-bond acceptors (Lipinski definition) is 7. The molecule has 194 valence electrons. The van der Waals surface area contributed by atoms with Crippen molar-refractivity contribution in [1.82, 2.24) is 5.32 Å². The van der Waals surface area contributed by atoms with Crippen molar-refractivity contribution in [3.8, 4) is 11.5 Å². The second kappa shape index (κ2) is 11.4. The summed E-state index contributed by atoms with van der Waals surface area (Å²) in [6.07, 6.45) is 1.33. The first-order chi connectivity index (χ1) is 18.1. The molecule has 13 heteroatoms. The summed E-state index contributed by atoms with van der Waals surface area (Å²) in [5, 5.41) is 13.6. The van der Waals surface area contributed by atoms with Gasteiger partial charge in [0.15, 0.2) is 16.6 Å². The fraction of sp³-hybridized carbons (Fsp3) is 0.0800. The highest BCUT2D eigenvalue weighted by Gasteiger charge is 2.35. The molecule has 0 bridgehead atoms. The summed E-state index contributed by atoms with van der Waals surface area (Å²) in [6, 6.07) is 13.6. The number of nitro groups is 1. The van der Waals surface area contributed by atoms with Crippen LogP contribution in [0.25, 0.3) is 6.08 Å². The van der Waals surface area contributed by atoms with E-state index in [1.807, 2.05) is 0 Å². The maximum absolute atomic E-state index is 13.3. The van der Waals surface area contributed by atoms with Gasteiger partial charge in [-0.05, 0) is 65.8 Å². The van der Waals surface area contributed by atoms with Gasteiger partial charge in [-0.1, -0.05) is 40.9 Å². The monoisotopic (exact) mass is 591 g/mol. The van der Waals surface area contributed by atoms with Crippen LogP contribution in [0.4, 0.5) is 11.4 Å². The highest BCUT2D eigenvalue weighted by molar-refractivity contribution is 7.80. The zero-order valence-corrected chi connectivity index (χ0v) is 22.5. The largest absolute Gasteiger partial charge is 0.493 e. The summed E-state index contributed by atoms with van der Waals surface area (Å²) in [5.74, 6) is -0.970. The van der Waals surface area contributed by atoms with Gasteiger partial charge in [0.2, 0.25) is 0 Å². The Bertz CT molecular complexity index is 1510. The number of halogens is 3. The molecule has 1 aliphatic heterocycles. The highest BCUT2D eigenvalue weighted by atomic mass is 35.5. The number of rotatable bonds is 7. The molecule has 9 nitrogen and oxygen atoms in total. The smallest absolute Gasteiger partial charge is 0.270 e. The number of amides is 2. The first kappa shape index (κ1) is 27.3. The lowest BCUT2D eigenvalue weighted by atomic mass is 10.1. The van der Waals surface area contributed by atoms with Gasteiger partial charge in [-0.2, -0.15) is 0 Å². The lowest BCUT2D eigenvalue weighted by Gasteiger charge is -2.29. The summed E-state index contributed by atoms with van der Waals surface area (Å²) >= 11 is 24.0. The molecule has 4 rings (SSSR count). The molecule has 3 aromatic carbocycles. The number of anilines is 1. The molecule has 2 amide bonds. The maximum atomic E-state index is 13.3. The Balaban J connectivity index is 1.63. The first-order valence-corrected chi connectivity index (χ1v) is 12.2. The molecule has 1 saturated heterocycles. The molecule has 1 fully saturated rings. The summed E-state index contributed by atoms with van der Waals surface area (Å²) in [7, 11) is 1.40. The summed E-state index contributed by atoms with van der Waals surface area (Å²) in [6.45, 7) is 0.0577. The van der Waals surface area contributed by atoms with Gasteiger partial charge in [-0.3, -0.25) is 29.9 Å². The minimum atomic E-state index is -0.712. The van der Waals surface area contributed by atoms with Gasteiger partial charge in [0.1, 0.15) is 12.2 Å². The zero-order valence-electron chi connectivity index (χ0n) is 19.4. The van der Waals surface area contributed by atoms with E-state index < -0.39 is 16.7 Å². The third-order valence-electron chi connectivity index (χ3n) is 5.37. The van der Waals surface area contributed by atoms with Crippen molar-refractivity contribution < 1.29 is 24.0 Å². The van der Waals surface area contributed by atoms with Crippen molar-refractivity contribution in [1.29, 1.82) is 0 Å². The van der Waals surface area contributed by atoms with Crippen LogP contribution in [0.1, 0.15) is 11.1 Å². The third kappa shape index (κ3) is 5.58. The summed E-state index contributed by atoms with van der Waals surface area (Å²) < 4.78 is 11.2. The van der Waals surface area contributed by atoms with Crippen LogP contribution >= 0.6 is 47.0 Å². The second-order valence-electron chi connectivity index (χ2n) is 7.78. The van der Waals surface area contributed by atoms with E-state index in [4.69, 9.17) is 56.5 Å². The number of hydrogen-bond donors (Lipinski definition) is 1. The molecule has 1 N–H and O–H groups in total. The third-order valence-corrected chi connectivity index (χ3v) is 6.74. The fourth-order valence-corrected chi connectivity index (χ4v) is 4.47. The van der Waals surface area contributed by atoms with Crippen LogP contribution in [0.5, 0.6) is 11.5 Å². The minimum Gasteiger partial charge on any atom is -0.493 e. The Hall–Kier alpha value is -3.70. The lowest BCUT2D eigenvalue weighted by molar-refractivity contribution is -0.384. The Kier molecular flexibility index (Phi) is 8.17. The molecule has 0 radical (unpaired) electrons. The average Bonchev–Trinajstić information content (AvgIpc) is 2.88. The molecule has 38 heavy (non-hydrogen) atoms. The molecule has 0 spiro atoms. The van der Waals surface area contributed by atoms with E-state index in [1.165, 1.54) is 37.5 Å². The van der Waals surface area contributed by atoms with Crippen LogP contribution in [-0.2, 0) is 16.2 Å². The fourth-order valence-electron chi connectivity index (χ4n) is 3.54. The van der Waals surface area contributed by atoms with E-state index in [1.54, 1.807) is 30.3 Å². The predicted octanol–water partition coefficient (Wildman–Crippen LogP) is 5.97. The number of nitrogens with one attached hydrogen (secondary N) is 1. The van der Waals surface area contributed by atoms with Crippen molar-refractivity contribution in [2.45, 2.75) is 6.61 Å². The van der Waals surface area contributed by atoms with Gasteiger partial charge in [-0.25, -0.2) is 0 Å². The van der Waals surface area contributed by atoms with E-state index in [0.29, 0.717) is 11.1 Å². The number of nitrogens with zero attached hydrogens (tertiary/aromatic N) is 2. The van der Waals surface area contributed by atoms with Crippen molar-refractivity contribution in [2.24, 2.45) is 0 Å². The zero-order chi connectivity index (χ0) is 27.6. The van der Waals surface area contributed by atoms with Crippen LogP contribution in [0.2, 0.25) is 15.1 Å². The normalized spacial score (nSPS) is 14.5. The Morgan fingerprint density at radius 2 is 1.79 bits per heavy atom. The highest BCUT2D eigenvalue weighted by Crippen LogP contribution is 2.38. The van der Waals surface area contributed by atoms with Gasteiger partial charge < -0.3 is 9.47 Å². The van der Waals surface area contributed by atoms with Crippen molar-refractivity contribution in [2.75, 3.05) is 12.0 Å². The molecule has 0 unspecified atom stereocenters. The minimum absolute atomic E-state index is 0.0417. The van der Waals surface area contributed by atoms with E-state index in [0.717, 1.165) is 4.90 Å². The number of thiocarbonyl (C=S) groups is 1. The molecule has 1 aliphatic rings. The van der Waals surface area contributed by atoms with E-state index in [-0.39, 0.29) is 55.2 Å². The number of nitro benzene ring substituents is 1. The van der Waals surface area contributed by atoms with E-state index in [9.17, 15) is 19.7 Å². The Labute approximate surface area is 236 Å². The number of methoxy groups -OCH3 is 1. The van der Waals surface area contributed by atoms with Gasteiger partial charge in [0, 0.05) is 12.1 Å². The van der Waals surface area contributed by atoms with E-state index >= 15 is 0 Å². The Morgan fingerprint density at radius 1 is 1.08 bits per heavy atom. The molecule has 0 atom stereocenters. The van der Waals surface area contributed by atoms with Crippen molar-refractivity contribution in [3.63, 3.8) is 0 Å². The lowest BCUT2D eigenvalue weighted by Crippen LogP contribution is -2.54. The number of non-ortho nitro benzene ring substituents is 1. The second-order valence-corrected chi connectivity index (χ2v) is 9.36. The van der Waals surface area contributed by atoms with Gasteiger partial charge in [0.25, 0.3) is 17.5 Å². The van der Waals surface area contributed by atoms with Crippen LogP contribution < -0.4 is 19.7 Å². The summed E-state index contributed by atoms with van der Waals surface area (Å²) in [5.41, 5.74) is 0.983. The predicted molar refractivity (Wildman–Crippen MR) is 148 cm³/mol. The van der Waals surface area contributed by atoms with Crippen LogP contribution in [0, 0.1) is 10.1 Å². The molecule has 3 aromatic rings. The molecule has 0 aromatic heterocycles. The van der Waals surface area contributed by atoms with Crippen molar-refractivity contribution >= 4 is 81.4 Å². The van der Waals surface area contributed by atoms with Gasteiger partial charge in [-0.15, -0.1) is 0 Å². The first-order valence-electron chi connectivity index (χ1n) is 10.7. The van der Waals surface area contributed by atoms with Crippen LogP contribution in [-0.4, -0.2) is 29.0 Å². The molecule has 0 saturated carbocycles. The number of carbonyl (C=O) groups excluding carboxylic acids is 2. The number of ether oxygens (including phenoxy) is 2. The Morgan fingerprint density at radius 3 is 2.45 bits per heavy atom. The van der Waals surface area contributed by atoms with Crippen LogP contribution in [0.3, 0.4) is 0 Å². The van der Waals surface area contributed by atoms with Gasteiger partial charge >= 0.3 is 0 Å². The molecular weight excluding hydrogens is 577 g/mol. The maximum Gasteiger partial charge on any atom is 0.270 e. The molecule has 1 heterocycles. The topological polar surface area (TPSA) is 111 Å². The number of benzene rings is 3. The van der Waals surface area contributed by atoms with Crippen LogP contribution in [0.15, 0.2) is 60.2 Å². The van der Waals surface area contributed by atoms with Crippen molar-refractivity contribution in [3.05, 3.63) is 96.5 Å². The van der Waals surface area contributed by atoms with E-state index in [2.05, 4.69) is 5.32 Å². The van der Waals surface area contributed by atoms with Gasteiger partial charge in [0.05, 0.1) is 32.8 Å². The summed E-state index contributed by atoms with van der Waals surface area (Å²) in [4.78, 5) is 37.4. The number of carbonyl (C=O) groups is 2. The standard InChI is InChI=1S/C25H16Cl3N3O6S/c1-36-20-11-14(10-18(27)22(20)37-12-13-5-7-15(8-6-13)31(34)35)9-16-23(32)29-25(38)30(24(16)33)19-4-2-3-17(26)21(19)28/h2-11H,12H2,1H3,(H,29,32,38)/b16-9+.